The molecule has 0 atom stereocenters. The maximum Gasteiger partial charge on any atom is 0.387 e. The molecule has 0 aliphatic carbocycles. The monoisotopic (exact) mass is 377 g/mol. The van der Waals surface area contributed by atoms with Gasteiger partial charge >= 0.3 is 6.61 Å². The summed E-state index contributed by atoms with van der Waals surface area (Å²) < 4.78 is 29.5. The normalized spacial score (nSPS) is 13.9. The lowest BCUT2D eigenvalue weighted by Gasteiger charge is -2.18. The van der Waals surface area contributed by atoms with Crippen molar-refractivity contribution >= 4 is 11.8 Å². The van der Waals surface area contributed by atoms with E-state index in [0.717, 1.165) is 25.9 Å². The zero-order valence-electron chi connectivity index (χ0n) is 15.0. The first-order valence-corrected chi connectivity index (χ1v) is 8.71. The van der Waals surface area contributed by atoms with Crippen molar-refractivity contribution in [2.24, 2.45) is 0 Å². The molecule has 144 valence electrons. The maximum atomic E-state index is 12.6. The van der Waals surface area contributed by atoms with Crippen molar-refractivity contribution < 1.29 is 23.1 Å². The van der Waals surface area contributed by atoms with E-state index in [4.69, 9.17) is 0 Å². The number of amides is 2. The van der Waals surface area contributed by atoms with Crippen molar-refractivity contribution in [1.82, 2.24) is 14.8 Å². The molecule has 6 nitrogen and oxygen atoms in total. The number of nitrogens with zero attached hydrogens (tertiary/aromatic N) is 2. The van der Waals surface area contributed by atoms with Gasteiger partial charge in [0.15, 0.2) is 0 Å². The van der Waals surface area contributed by atoms with Gasteiger partial charge in [-0.15, -0.1) is 0 Å². The van der Waals surface area contributed by atoms with Gasteiger partial charge in [-0.2, -0.15) is 8.78 Å². The zero-order chi connectivity index (χ0) is 19.4. The molecule has 27 heavy (non-hydrogen) atoms. The van der Waals surface area contributed by atoms with Crippen molar-refractivity contribution in [3.05, 3.63) is 53.3 Å². The van der Waals surface area contributed by atoms with Crippen LogP contribution in [0.5, 0.6) is 5.75 Å². The van der Waals surface area contributed by atoms with Gasteiger partial charge in [-0.1, -0.05) is 18.2 Å². The van der Waals surface area contributed by atoms with E-state index in [1.54, 1.807) is 30.1 Å². The van der Waals surface area contributed by atoms with Gasteiger partial charge in [0.1, 0.15) is 11.4 Å². The lowest BCUT2D eigenvalue weighted by atomic mass is 10.1. The van der Waals surface area contributed by atoms with E-state index >= 15 is 0 Å². The van der Waals surface area contributed by atoms with Crippen LogP contribution >= 0.6 is 0 Å². The summed E-state index contributed by atoms with van der Waals surface area (Å²) in [6, 6.07) is 7.87. The van der Waals surface area contributed by atoms with Gasteiger partial charge in [-0.25, -0.2) is 0 Å². The van der Waals surface area contributed by atoms with Crippen LogP contribution in [-0.4, -0.2) is 53.3 Å². The summed E-state index contributed by atoms with van der Waals surface area (Å²) in [5.41, 5.74) is 1.18. The average molecular weight is 377 g/mol. The lowest BCUT2D eigenvalue weighted by Crippen LogP contribution is -2.28. The number of halogens is 2. The number of hydrogen-bond donors (Lipinski definition) is 1. The van der Waals surface area contributed by atoms with E-state index in [-0.39, 0.29) is 24.1 Å². The van der Waals surface area contributed by atoms with Crippen molar-refractivity contribution in [1.29, 1.82) is 0 Å². The molecule has 0 bridgehead atoms. The van der Waals surface area contributed by atoms with Crippen LogP contribution in [0.25, 0.3) is 0 Å². The topological polar surface area (TPSA) is 65.6 Å². The highest BCUT2D eigenvalue weighted by atomic mass is 19.3. The van der Waals surface area contributed by atoms with Crippen molar-refractivity contribution in [2.45, 2.75) is 26.0 Å². The van der Waals surface area contributed by atoms with Gasteiger partial charge in [0.05, 0.1) is 5.56 Å². The second-order valence-electron chi connectivity index (χ2n) is 6.45. The van der Waals surface area contributed by atoms with E-state index in [0.29, 0.717) is 16.8 Å². The van der Waals surface area contributed by atoms with E-state index in [1.807, 2.05) is 0 Å². The van der Waals surface area contributed by atoms with Crippen LogP contribution in [0.2, 0.25) is 0 Å². The lowest BCUT2D eigenvalue weighted by molar-refractivity contribution is -0.0506. The first-order chi connectivity index (χ1) is 13.0. The molecule has 1 saturated heterocycles. The number of H-pyrrole nitrogens is 1. The summed E-state index contributed by atoms with van der Waals surface area (Å²) in [7, 11) is 1.57. The molecule has 1 N–H and O–H groups in total. The molecule has 0 spiro atoms. The van der Waals surface area contributed by atoms with Gasteiger partial charge in [0.2, 0.25) is 0 Å². The fourth-order valence-electron chi connectivity index (χ4n) is 3.12. The Labute approximate surface area is 155 Å². The highest BCUT2D eigenvalue weighted by Gasteiger charge is 2.23. The molecule has 3 rings (SSSR count). The Kier molecular flexibility index (Phi) is 5.73. The first-order valence-electron chi connectivity index (χ1n) is 8.71. The minimum atomic E-state index is -2.93. The fraction of sp³-hybridized carbons (Fsp3) is 0.368. The predicted molar refractivity (Wildman–Crippen MR) is 94.8 cm³/mol. The Balaban J connectivity index is 1.68. The number of para-hydroxylation sites is 1. The smallest absolute Gasteiger partial charge is 0.387 e. The van der Waals surface area contributed by atoms with Crippen LogP contribution in [0.1, 0.15) is 39.3 Å². The average Bonchev–Trinajstić information content (AvgIpc) is 3.33. The van der Waals surface area contributed by atoms with E-state index in [9.17, 15) is 18.4 Å². The first kappa shape index (κ1) is 18.9. The van der Waals surface area contributed by atoms with Crippen LogP contribution in [0.4, 0.5) is 8.78 Å². The maximum absolute atomic E-state index is 12.6. The van der Waals surface area contributed by atoms with Crippen LogP contribution in [0.3, 0.4) is 0 Å². The number of alkyl halides is 2. The van der Waals surface area contributed by atoms with Gasteiger partial charge in [0, 0.05) is 38.4 Å². The Hall–Kier alpha value is -2.90. The van der Waals surface area contributed by atoms with Gasteiger partial charge in [-0.3, -0.25) is 9.59 Å². The highest BCUT2D eigenvalue weighted by Crippen LogP contribution is 2.22. The van der Waals surface area contributed by atoms with Crippen molar-refractivity contribution in [3.8, 4) is 5.75 Å². The van der Waals surface area contributed by atoms with Gasteiger partial charge in [-0.05, 0) is 25.0 Å². The number of carbonyl (C=O) groups is 2. The highest BCUT2D eigenvalue weighted by molar-refractivity contribution is 5.99. The third-order valence-corrected chi connectivity index (χ3v) is 4.50. The molecule has 1 aliphatic heterocycles. The largest absolute Gasteiger partial charge is 0.434 e. The molecule has 0 unspecified atom stereocenters. The molecule has 8 heteroatoms. The van der Waals surface area contributed by atoms with Gasteiger partial charge in [0.25, 0.3) is 11.8 Å². The van der Waals surface area contributed by atoms with Crippen LogP contribution in [0.15, 0.2) is 36.5 Å². The van der Waals surface area contributed by atoms with Crippen molar-refractivity contribution in [3.63, 3.8) is 0 Å². The van der Waals surface area contributed by atoms with E-state index < -0.39 is 6.61 Å². The summed E-state index contributed by atoms with van der Waals surface area (Å²) in [5.74, 6) is -0.408. The van der Waals surface area contributed by atoms with Crippen LogP contribution < -0.4 is 4.74 Å². The number of benzene rings is 1. The fourth-order valence-corrected chi connectivity index (χ4v) is 3.12. The number of ether oxygens (including phenoxy) is 1. The molecule has 2 amide bonds. The Bertz CT molecular complexity index is 816. The minimum absolute atomic E-state index is 0.0334. The number of nitrogens with one attached hydrogen (secondary N) is 1. The van der Waals surface area contributed by atoms with Crippen molar-refractivity contribution in [2.75, 3.05) is 20.1 Å². The Morgan fingerprint density at radius 1 is 1.26 bits per heavy atom. The summed E-state index contributed by atoms with van der Waals surface area (Å²) in [6.07, 6.45) is 3.46. The summed E-state index contributed by atoms with van der Waals surface area (Å²) >= 11 is 0. The molecule has 1 fully saturated rings. The molecule has 0 radical (unpaired) electrons. The molecule has 1 aliphatic rings. The number of rotatable bonds is 6. The molecule has 1 aromatic heterocycles. The minimum Gasteiger partial charge on any atom is -0.434 e. The molecular formula is C19H21F2N3O3. The summed E-state index contributed by atoms with van der Waals surface area (Å²) in [5, 5.41) is 0. The number of aromatic nitrogens is 1. The predicted octanol–water partition coefficient (Wildman–Crippen LogP) is 3.12. The third-order valence-electron chi connectivity index (χ3n) is 4.50. The zero-order valence-corrected chi connectivity index (χ0v) is 15.0. The van der Waals surface area contributed by atoms with E-state index in [2.05, 4.69) is 9.72 Å². The summed E-state index contributed by atoms with van der Waals surface area (Å²) in [6.45, 7) is -1.39. The second kappa shape index (κ2) is 8.20. The molecule has 2 aromatic rings. The van der Waals surface area contributed by atoms with Crippen LogP contribution in [-0.2, 0) is 6.54 Å². The standard InChI is InChI=1S/C19H21F2N3O3/c1-23(12-13-6-2-3-7-16(13)27-19(20)21)17(25)14-10-15(22-11-14)18(26)24-8-4-5-9-24/h2-3,6-7,10-11,19,22H,4-5,8-9,12H2,1H3. The SMILES string of the molecule is CN(Cc1ccccc1OC(F)F)C(=O)c1c[nH]c(C(=O)N2CCCC2)c1. The summed E-state index contributed by atoms with van der Waals surface area (Å²) in [4.78, 5) is 31.0. The van der Waals surface area contributed by atoms with E-state index in [1.165, 1.54) is 23.2 Å². The number of carbonyl (C=O) groups excluding carboxylic acids is 2. The molecule has 1 aromatic carbocycles. The third kappa shape index (κ3) is 4.45. The number of aromatic amines is 1. The number of hydrogen-bond acceptors (Lipinski definition) is 3. The quantitative estimate of drug-likeness (QED) is 0.841. The van der Waals surface area contributed by atoms with Gasteiger partial charge < -0.3 is 19.5 Å². The second-order valence-corrected chi connectivity index (χ2v) is 6.45. The Morgan fingerprint density at radius 3 is 2.67 bits per heavy atom. The number of likely N-dealkylation sites (tertiary alicyclic amines) is 1. The Morgan fingerprint density at radius 2 is 1.96 bits per heavy atom. The van der Waals surface area contributed by atoms with Crippen LogP contribution in [0, 0.1) is 0 Å². The molecule has 0 saturated carbocycles. The molecule has 2 heterocycles. The molecular weight excluding hydrogens is 356 g/mol.